The lowest BCUT2D eigenvalue weighted by Gasteiger charge is -2.29. The Morgan fingerprint density at radius 2 is 1.86 bits per heavy atom. The maximum atomic E-state index is 14.1. The van der Waals surface area contributed by atoms with Crippen LogP contribution in [-0.4, -0.2) is 45.8 Å². The van der Waals surface area contributed by atoms with Gasteiger partial charge in [-0.1, -0.05) is 19.8 Å². The summed E-state index contributed by atoms with van der Waals surface area (Å²) < 4.78 is 7.91. The van der Waals surface area contributed by atoms with E-state index >= 15 is 0 Å². The Bertz CT molecular complexity index is 1810. The van der Waals surface area contributed by atoms with E-state index in [0.717, 1.165) is 71.2 Å². The molecule has 3 unspecified atom stereocenters. The maximum absolute atomic E-state index is 14.1. The van der Waals surface area contributed by atoms with Crippen LogP contribution in [-0.2, 0) is 44.4 Å². The second kappa shape index (κ2) is 9.72. The van der Waals surface area contributed by atoms with Crippen molar-refractivity contribution in [1.29, 1.82) is 0 Å². The molecule has 5 heterocycles. The van der Waals surface area contributed by atoms with Crippen molar-refractivity contribution in [3.63, 3.8) is 0 Å². The summed E-state index contributed by atoms with van der Waals surface area (Å²) in [5.41, 5.74) is 4.99. The van der Waals surface area contributed by atoms with Crippen LogP contribution in [0, 0.1) is 11.8 Å². The van der Waals surface area contributed by atoms with Gasteiger partial charge in [-0.2, -0.15) is 4.89 Å². The van der Waals surface area contributed by atoms with Gasteiger partial charge in [-0.3, -0.25) is 14.4 Å². The Hall–Kier alpha value is -3.56. The Morgan fingerprint density at radius 3 is 2.61 bits per heavy atom. The van der Waals surface area contributed by atoms with Crippen molar-refractivity contribution in [2.75, 3.05) is 19.6 Å². The fourth-order valence-corrected chi connectivity index (χ4v) is 9.05. The molecule has 0 spiro atoms. The van der Waals surface area contributed by atoms with Crippen LogP contribution in [0.1, 0.15) is 92.0 Å². The molecular weight excluding hydrogens is 558 g/mol. The van der Waals surface area contributed by atoms with Gasteiger partial charge in [0.25, 0.3) is 5.56 Å². The third-order valence-electron chi connectivity index (χ3n) is 11.6. The smallest absolute Gasteiger partial charge is 0.308 e. The van der Waals surface area contributed by atoms with Crippen molar-refractivity contribution in [3.05, 3.63) is 56.4 Å². The van der Waals surface area contributed by atoms with Crippen molar-refractivity contribution in [3.8, 4) is 17.1 Å². The number of likely N-dealkylation sites (tertiary alicyclic amines) is 1. The third-order valence-corrected chi connectivity index (χ3v) is 11.6. The molecule has 2 aromatic heterocycles. The van der Waals surface area contributed by atoms with Crippen molar-refractivity contribution >= 4 is 22.7 Å². The van der Waals surface area contributed by atoms with Crippen LogP contribution in [0.25, 0.3) is 22.3 Å². The first-order valence-electron chi connectivity index (χ1n) is 16.5. The van der Waals surface area contributed by atoms with E-state index in [1.807, 2.05) is 25.1 Å². The molecule has 3 atom stereocenters. The number of nitrogens with zero attached hydrogens (tertiary/aromatic N) is 3. The van der Waals surface area contributed by atoms with Crippen molar-refractivity contribution in [1.82, 2.24) is 14.5 Å². The van der Waals surface area contributed by atoms with Gasteiger partial charge in [0.1, 0.15) is 6.61 Å². The molecule has 2 saturated carbocycles. The molecular formula is C35H37N3O6. The fraction of sp³-hybridized carbons (Fsp3) is 0.543. The molecule has 9 heteroatoms. The molecule has 3 aliphatic carbocycles. The van der Waals surface area contributed by atoms with Gasteiger partial charge >= 0.3 is 5.97 Å². The number of aromatic nitrogens is 2. The summed E-state index contributed by atoms with van der Waals surface area (Å²) in [7, 11) is 0. The van der Waals surface area contributed by atoms with E-state index in [1.54, 1.807) is 4.57 Å². The second-order valence-electron chi connectivity index (χ2n) is 13.8. The summed E-state index contributed by atoms with van der Waals surface area (Å²) in [5.74, 6) is 2.06. The molecule has 0 N–H and O–H groups in total. The van der Waals surface area contributed by atoms with Gasteiger partial charge in [0.15, 0.2) is 17.1 Å². The largest absolute Gasteiger partial charge is 0.446 e. The number of carbonyl (C=O) groups is 2. The number of benzene rings is 1. The Labute approximate surface area is 255 Å². The summed E-state index contributed by atoms with van der Waals surface area (Å²) in [5, 5.41) is 1.06. The Morgan fingerprint density at radius 1 is 1.07 bits per heavy atom. The molecule has 3 aliphatic heterocycles. The number of ketones is 1. The number of pyridine rings is 2. The highest BCUT2D eigenvalue weighted by atomic mass is 17.2. The predicted molar refractivity (Wildman–Crippen MR) is 161 cm³/mol. The number of fused-ring (bicyclic) bond motifs is 7. The standard InChI is InChI=1S/C35H37N3O6/c1-2-35(43-31(40)9-10-37-15-20-7-4-8-21(20)16-37)26-14-28-33-25(17-38(28)34(41)23(26)13-30(35)39)32(19-5-3-6-19)24-12-29-22(18-42-44-29)11-27(24)36-33/h11-12,14,19-21H,2-10,13,15-18H2,1H3. The zero-order valence-electron chi connectivity index (χ0n) is 25.2. The molecule has 3 fully saturated rings. The van der Waals surface area contributed by atoms with Crippen LogP contribution in [0.5, 0.6) is 5.75 Å². The predicted octanol–water partition coefficient (Wildman–Crippen LogP) is 4.91. The van der Waals surface area contributed by atoms with E-state index in [-0.39, 0.29) is 30.2 Å². The highest BCUT2D eigenvalue weighted by molar-refractivity contribution is 5.97. The van der Waals surface area contributed by atoms with Gasteiger partial charge < -0.3 is 19.1 Å². The number of hydrogen-bond donors (Lipinski definition) is 0. The van der Waals surface area contributed by atoms with Gasteiger partial charge in [-0.25, -0.2) is 4.98 Å². The molecule has 0 radical (unpaired) electrons. The first kappa shape index (κ1) is 26.8. The monoisotopic (exact) mass is 595 g/mol. The lowest BCUT2D eigenvalue weighted by Crippen LogP contribution is -2.38. The molecule has 1 aromatic carbocycles. The van der Waals surface area contributed by atoms with Crippen LogP contribution in [0.4, 0.5) is 0 Å². The van der Waals surface area contributed by atoms with Gasteiger partial charge in [-0.05, 0) is 73.6 Å². The van der Waals surface area contributed by atoms with Crippen LogP contribution in [0.3, 0.4) is 0 Å². The lowest BCUT2D eigenvalue weighted by atomic mass is 9.76. The average Bonchev–Trinajstić information content (AvgIpc) is 3.80. The zero-order valence-corrected chi connectivity index (χ0v) is 25.2. The number of hydrogen-bond acceptors (Lipinski definition) is 8. The highest BCUT2D eigenvalue weighted by Gasteiger charge is 2.51. The summed E-state index contributed by atoms with van der Waals surface area (Å²) in [6.45, 7) is 5.41. The number of esters is 1. The van der Waals surface area contributed by atoms with E-state index < -0.39 is 5.60 Å². The first-order chi connectivity index (χ1) is 21.4. The molecule has 44 heavy (non-hydrogen) atoms. The topological polar surface area (TPSA) is 100.0 Å². The van der Waals surface area contributed by atoms with Crippen molar-refractivity contribution < 1.29 is 24.1 Å². The summed E-state index contributed by atoms with van der Waals surface area (Å²) in [6.07, 6.45) is 7.79. The molecule has 1 saturated heterocycles. The molecule has 3 aromatic rings. The zero-order chi connectivity index (χ0) is 29.7. The molecule has 0 amide bonds. The molecule has 9 nitrogen and oxygen atoms in total. The third kappa shape index (κ3) is 3.78. The molecule has 6 aliphatic rings. The first-order valence-corrected chi connectivity index (χ1v) is 16.5. The van der Waals surface area contributed by atoms with E-state index in [9.17, 15) is 14.4 Å². The van der Waals surface area contributed by atoms with E-state index in [4.69, 9.17) is 19.5 Å². The van der Waals surface area contributed by atoms with Gasteiger partial charge in [0.2, 0.25) is 0 Å². The molecule has 0 bridgehead atoms. The molecule has 228 valence electrons. The fourth-order valence-electron chi connectivity index (χ4n) is 9.05. The minimum Gasteiger partial charge on any atom is -0.446 e. The van der Waals surface area contributed by atoms with Gasteiger partial charge in [-0.15, -0.1) is 0 Å². The number of rotatable bonds is 6. The summed E-state index contributed by atoms with van der Waals surface area (Å²) in [4.78, 5) is 59.2. The van der Waals surface area contributed by atoms with Gasteiger partial charge in [0.05, 0.1) is 29.9 Å². The minimum absolute atomic E-state index is 0.0175. The normalized spacial score (nSPS) is 26.7. The summed E-state index contributed by atoms with van der Waals surface area (Å²) in [6, 6.07) is 6.00. The summed E-state index contributed by atoms with van der Waals surface area (Å²) >= 11 is 0. The van der Waals surface area contributed by atoms with Crippen LogP contribution >= 0.6 is 0 Å². The van der Waals surface area contributed by atoms with Crippen LogP contribution < -0.4 is 10.4 Å². The number of carbonyl (C=O) groups excluding carboxylic acids is 2. The van der Waals surface area contributed by atoms with E-state index in [2.05, 4.69) is 4.90 Å². The second-order valence-corrected chi connectivity index (χ2v) is 13.8. The average molecular weight is 596 g/mol. The van der Waals surface area contributed by atoms with Crippen molar-refractivity contribution in [2.45, 2.75) is 89.4 Å². The lowest BCUT2D eigenvalue weighted by molar-refractivity contribution is -0.194. The van der Waals surface area contributed by atoms with E-state index in [1.165, 1.54) is 31.2 Å². The Kier molecular flexibility index (Phi) is 5.92. The van der Waals surface area contributed by atoms with Crippen LogP contribution in [0.2, 0.25) is 0 Å². The van der Waals surface area contributed by atoms with Crippen molar-refractivity contribution in [2.24, 2.45) is 11.8 Å². The van der Waals surface area contributed by atoms with E-state index in [0.29, 0.717) is 48.9 Å². The SMILES string of the molecule is CCC1(OC(=O)CCN2CC3CCCC3C2)C(=O)Cc2c1cc1n(c2=O)Cc2c-1nc1cc3c(cc1c2C1CCC1)OOC3. The minimum atomic E-state index is -1.44. The number of Topliss-reactive ketones (excluding diaryl/α,β-unsaturated/α-hetero) is 1. The maximum Gasteiger partial charge on any atom is 0.308 e. The van der Waals surface area contributed by atoms with Crippen LogP contribution in [0.15, 0.2) is 23.0 Å². The van der Waals surface area contributed by atoms with Gasteiger partial charge in [0, 0.05) is 53.7 Å². The Balaban J connectivity index is 1.09. The molecule has 9 rings (SSSR count). The quantitative estimate of drug-likeness (QED) is 0.229. The number of ether oxygens (including phenoxy) is 1. The highest BCUT2D eigenvalue weighted by Crippen LogP contribution is 2.49.